The van der Waals surface area contributed by atoms with Gasteiger partial charge in [0.2, 0.25) is 10.0 Å². The van der Waals surface area contributed by atoms with Crippen LogP contribution in [-0.2, 0) is 35.4 Å². The minimum atomic E-state index is -3.96. The number of alkyl carbamates (subject to hydrolysis) is 1. The van der Waals surface area contributed by atoms with Crippen LogP contribution in [0.1, 0.15) is 32.3 Å². The van der Waals surface area contributed by atoms with E-state index in [9.17, 15) is 18.3 Å². The summed E-state index contributed by atoms with van der Waals surface area (Å²) in [7, 11) is -0.812. The zero-order valence-corrected chi connectivity index (χ0v) is 27.2. The third-order valence-electron chi connectivity index (χ3n) is 9.04. The van der Waals surface area contributed by atoms with E-state index in [2.05, 4.69) is 5.32 Å². The molecule has 3 fully saturated rings. The van der Waals surface area contributed by atoms with Gasteiger partial charge in [0.25, 0.3) is 0 Å². The van der Waals surface area contributed by atoms with Crippen molar-refractivity contribution in [3.63, 3.8) is 0 Å². The molecule has 2 aliphatic heterocycles. The number of methoxy groups -OCH3 is 2. The molecule has 11 nitrogen and oxygen atoms in total. The van der Waals surface area contributed by atoms with Crippen LogP contribution in [0.2, 0.25) is 0 Å². The second-order valence-electron chi connectivity index (χ2n) is 12.7. The maximum Gasteiger partial charge on any atom is 0.407 e. The summed E-state index contributed by atoms with van der Waals surface area (Å²) < 4.78 is 57.3. The van der Waals surface area contributed by atoms with Gasteiger partial charge in [-0.05, 0) is 60.9 Å². The Labute approximate surface area is 266 Å². The lowest BCUT2D eigenvalue weighted by Crippen LogP contribution is -2.52. The standard InChI is InChI=1S/C33H46N2O9S/c1-21(2)17-35(45(38,39)26-12-10-24(41-4)11-13-26)18-29(36)28(14-22-8-6-5-7-9-22)34-33(37)44-30-15-23-19-42-32-31(23)27(30)16-25(43-32)20-40-3/h5-13,21,23,25,27-32,36H,14-20H2,1-4H3,(H,34,37)/t23-,25-,27-,28-,29+,30-,31+,32-/m0/s1. The molecule has 248 valence electrons. The van der Waals surface area contributed by atoms with E-state index in [0.717, 1.165) is 5.56 Å². The molecular weight excluding hydrogens is 600 g/mol. The first kappa shape index (κ1) is 33.6. The normalized spacial score (nSPS) is 27.3. The van der Waals surface area contributed by atoms with Gasteiger partial charge < -0.3 is 34.1 Å². The maximum atomic E-state index is 13.7. The van der Waals surface area contributed by atoms with Crippen molar-refractivity contribution < 1.29 is 42.0 Å². The van der Waals surface area contributed by atoms with Gasteiger partial charge in [-0.2, -0.15) is 4.31 Å². The third-order valence-corrected chi connectivity index (χ3v) is 10.9. The van der Waals surface area contributed by atoms with Gasteiger partial charge in [0.1, 0.15) is 11.9 Å². The lowest BCUT2D eigenvalue weighted by Gasteiger charge is -2.37. The van der Waals surface area contributed by atoms with E-state index in [-0.39, 0.29) is 66.6 Å². The number of aliphatic hydroxyl groups is 1. The van der Waals surface area contributed by atoms with Gasteiger partial charge in [-0.1, -0.05) is 44.2 Å². The van der Waals surface area contributed by atoms with E-state index < -0.39 is 28.3 Å². The minimum Gasteiger partial charge on any atom is -0.497 e. The average Bonchev–Trinajstić information content (AvgIpc) is 3.58. The largest absolute Gasteiger partial charge is 0.497 e. The first-order valence-electron chi connectivity index (χ1n) is 15.7. The molecule has 2 saturated heterocycles. The Kier molecular flexibility index (Phi) is 11.0. The van der Waals surface area contributed by atoms with Crippen LogP contribution in [-0.4, -0.2) is 95.1 Å². The molecule has 0 aromatic heterocycles. The van der Waals surface area contributed by atoms with Gasteiger partial charge in [0.15, 0.2) is 6.29 Å². The molecule has 5 rings (SSSR count). The lowest BCUT2D eigenvalue weighted by molar-refractivity contribution is -0.215. The number of aliphatic hydroxyl groups excluding tert-OH is 1. The minimum absolute atomic E-state index is 0.00764. The van der Waals surface area contributed by atoms with E-state index in [1.807, 2.05) is 44.2 Å². The van der Waals surface area contributed by atoms with Gasteiger partial charge >= 0.3 is 6.09 Å². The topological polar surface area (TPSA) is 133 Å². The van der Waals surface area contributed by atoms with Crippen LogP contribution in [0.3, 0.4) is 0 Å². The number of sulfonamides is 1. The monoisotopic (exact) mass is 646 g/mol. The summed E-state index contributed by atoms with van der Waals surface area (Å²) >= 11 is 0. The van der Waals surface area contributed by atoms with Crippen molar-refractivity contribution in [2.75, 3.05) is 40.5 Å². The van der Waals surface area contributed by atoms with Crippen molar-refractivity contribution in [1.29, 1.82) is 0 Å². The molecule has 1 saturated carbocycles. The number of nitrogens with one attached hydrogen (secondary N) is 1. The summed E-state index contributed by atoms with van der Waals surface area (Å²) in [6.45, 7) is 4.81. The van der Waals surface area contributed by atoms with Crippen LogP contribution in [0.4, 0.5) is 4.79 Å². The fourth-order valence-electron chi connectivity index (χ4n) is 6.96. The average molecular weight is 647 g/mol. The van der Waals surface area contributed by atoms with Crippen molar-refractivity contribution in [1.82, 2.24) is 9.62 Å². The Bertz CT molecular complexity index is 1360. The van der Waals surface area contributed by atoms with E-state index in [1.165, 1.54) is 23.5 Å². The second kappa shape index (κ2) is 14.8. The van der Waals surface area contributed by atoms with Gasteiger partial charge in [0, 0.05) is 32.0 Å². The molecule has 12 heteroatoms. The Morgan fingerprint density at radius 2 is 1.80 bits per heavy atom. The first-order valence-corrected chi connectivity index (χ1v) is 17.1. The van der Waals surface area contributed by atoms with Gasteiger partial charge in [-0.25, -0.2) is 13.2 Å². The Balaban J connectivity index is 1.31. The predicted molar refractivity (Wildman–Crippen MR) is 166 cm³/mol. The number of amides is 1. The molecule has 1 amide bonds. The number of nitrogens with zero attached hydrogens (tertiary/aromatic N) is 1. The smallest absolute Gasteiger partial charge is 0.407 e. The molecule has 2 aromatic rings. The molecule has 0 spiro atoms. The summed E-state index contributed by atoms with van der Waals surface area (Å²) in [6.07, 6.45) is -0.976. The Morgan fingerprint density at radius 3 is 2.47 bits per heavy atom. The van der Waals surface area contributed by atoms with Crippen LogP contribution in [0.15, 0.2) is 59.5 Å². The molecule has 1 aliphatic carbocycles. The predicted octanol–water partition coefficient (Wildman–Crippen LogP) is 3.45. The highest BCUT2D eigenvalue weighted by molar-refractivity contribution is 7.89. The SMILES string of the molecule is COC[C@@H]1C[C@@H]2[C@H]3[C@H](CO[C@H]3O1)C[C@@H]2OC(=O)N[C@@H](Cc1ccccc1)[C@H](O)CN(CC(C)C)S(=O)(=O)c1ccc(OC)cc1. The highest BCUT2D eigenvalue weighted by Crippen LogP contribution is 2.51. The number of hydrogen-bond donors (Lipinski definition) is 2. The van der Waals surface area contributed by atoms with E-state index in [4.69, 9.17) is 23.7 Å². The first-order chi connectivity index (χ1) is 21.6. The zero-order valence-electron chi connectivity index (χ0n) is 26.4. The van der Waals surface area contributed by atoms with Crippen molar-refractivity contribution in [2.45, 2.75) is 68.6 Å². The molecule has 0 radical (unpaired) electrons. The molecule has 0 unspecified atom stereocenters. The molecule has 3 aliphatic rings. The van der Waals surface area contributed by atoms with Crippen molar-refractivity contribution >= 4 is 16.1 Å². The zero-order chi connectivity index (χ0) is 32.1. The third kappa shape index (κ3) is 7.98. The fraction of sp³-hybridized carbons (Fsp3) is 0.606. The summed E-state index contributed by atoms with van der Waals surface area (Å²) in [5.74, 6) is 1.02. The van der Waals surface area contributed by atoms with Gasteiger partial charge in [-0.3, -0.25) is 0 Å². The fourth-order valence-corrected chi connectivity index (χ4v) is 8.58. The number of benzene rings is 2. The Morgan fingerprint density at radius 1 is 1.07 bits per heavy atom. The van der Waals surface area contributed by atoms with Crippen LogP contribution >= 0.6 is 0 Å². The van der Waals surface area contributed by atoms with Crippen molar-refractivity contribution in [3.05, 3.63) is 60.2 Å². The van der Waals surface area contributed by atoms with E-state index >= 15 is 0 Å². The Hall–Kier alpha value is -2.74. The maximum absolute atomic E-state index is 13.7. The summed E-state index contributed by atoms with van der Waals surface area (Å²) in [6, 6.07) is 14.8. The van der Waals surface area contributed by atoms with Gasteiger partial charge in [0.05, 0.1) is 43.5 Å². The molecule has 2 aromatic carbocycles. The molecule has 8 atom stereocenters. The molecule has 0 bridgehead atoms. The van der Waals surface area contributed by atoms with Crippen LogP contribution in [0.25, 0.3) is 0 Å². The quantitative estimate of drug-likeness (QED) is 0.317. The number of ether oxygens (including phenoxy) is 5. The summed E-state index contributed by atoms with van der Waals surface area (Å²) in [5.41, 5.74) is 0.887. The molecule has 2 heterocycles. The van der Waals surface area contributed by atoms with Crippen molar-refractivity contribution in [3.8, 4) is 5.75 Å². The molecule has 2 N–H and O–H groups in total. The molecule has 45 heavy (non-hydrogen) atoms. The number of hydrogen-bond acceptors (Lipinski definition) is 9. The number of rotatable bonds is 14. The number of carbonyl (C=O) groups is 1. The highest BCUT2D eigenvalue weighted by atomic mass is 32.2. The van der Waals surface area contributed by atoms with Crippen molar-refractivity contribution in [2.24, 2.45) is 23.7 Å². The van der Waals surface area contributed by atoms with Gasteiger partial charge in [-0.15, -0.1) is 0 Å². The highest BCUT2D eigenvalue weighted by Gasteiger charge is 2.56. The summed E-state index contributed by atoms with van der Waals surface area (Å²) in [5, 5.41) is 14.5. The second-order valence-corrected chi connectivity index (χ2v) is 14.7. The lowest BCUT2D eigenvalue weighted by atomic mass is 9.84. The van der Waals surface area contributed by atoms with E-state index in [0.29, 0.717) is 31.8 Å². The van der Waals surface area contributed by atoms with Crippen LogP contribution < -0.4 is 10.1 Å². The van der Waals surface area contributed by atoms with E-state index in [1.54, 1.807) is 19.2 Å². The summed E-state index contributed by atoms with van der Waals surface area (Å²) in [4.78, 5) is 13.6. The van der Waals surface area contributed by atoms with Crippen LogP contribution in [0, 0.1) is 23.7 Å². The van der Waals surface area contributed by atoms with Crippen LogP contribution in [0.5, 0.6) is 5.75 Å². The number of carbonyl (C=O) groups excluding carboxylic acids is 1. The molecular formula is C33H46N2O9S.